The van der Waals surface area contributed by atoms with Crippen LogP contribution in [0.5, 0.6) is 0 Å². The number of aromatic nitrogens is 2. The third kappa shape index (κ3) is 1.75. The summed E-state index contributed by atoms with van der Waals surface area (Å²) in [6.07, 6.45) is 5.92. The summed E-state index contributed by atoms with van der Waals surface area (Å²) in [6.45, 7) is 0. The van der Waals surface area contributed by atoms with E-state index in [0.717, 1.165) is 16.7 Å². The topological polar surface area (TPSA) is 37.8 Å². The van der Waals surface area contributed by atoms with Crippen LogP contribution in [0.25, 0.3) is 17.1 Å². The maximum Gasteiger partial charge on any atom is 0.0957 e. The van der Waals surface area contributed by atoms with Crippen LogP contribution in [-0.2, 0) is 0 Å². The lowest BCUT2D eigenvalue weighted by Gasteiger charge is -2.23. The summed E-state index contributed by atoms with van der Waals surface area (Å²) in [4.78, 5) is 9.24. The number of fused-ring (bicyclic) bond motifs is 2. The summed E-state index contributed by atoms with van der Waals surface area (Å²) in [7, 11) is 0. The van der Waals surface area contributed by atoms with E-state index in [0.29, 0.717) is 0 Å². The summed E-state index contributed by atoms with van der Waals surface area (Å²) in [5.41, 5.74) is 5.26. The van der Waals surface area contributed by atoms with Gasteiger partial charge in [0.15, 0.2) is 0 Å². The Bertz CT molecular complexity index is 808. The maximum atomic E-state index is 4.74. The average molecular weight is 259 g/mol. The number of para-hydroxylation sites is 2. The molecule has 1 aromatic heterocycles. The van der Waals surface area contributed by atoms with Crippen molar-refractivity contribution >= 4 is 17.1 Å². The van der Waals surface area contributed by atoms with Gasteiger partial charge >= 0.3 is 0 Å². The highest BCUT2D eigenvalue weighted by Crippen LogP contribution is 2.28. The van der Waals surface area contributed by atoms with Crippen LogP contribution in [-0.4, -0.2) is 9.97 Å². The van der Waals surface area contributed by atoms with Gasteiger partial charge in [0, 0.05) is 0 Å². The van der Waals surface area contributed by atoms with Crippen molar-refractivity contribution in [1.82, 2.24) is 15.3 Å². The van der Waals surface area contributed by atoms with Crippen LogP contribution < -0.4 is 5.32 Å². The molecule has 1 atom stereocenters. The fourth-order valence-electron chi connectivity index (χ4n) is 2.60. The van der Waals surface area contributed by atoms with Crippen LogP contribution >= 0.6 is 0 Å². The van der Waals surface area contributed by atoms with Crippen molar-refractivity contribution in [3.63, 3.8) is 0 Å². The highest BCUT2D eigenvalue weighted by atomic mass is 14.9. The zero-order chi connectivity index (χ0) is 13.4. The fraction of sp³-hybridized carbons (Fsp3) is 0.0588. The van der Waals surface area contributed by atoms with Crippen LogP contribution in [0.15, 0.2) is 60.9 Å². The van der Waals surface area contributed by atoms with Gasteiger partial charge in [-0.15, -0.1) is 0 Å². The Kier molecular flexibility index (Phi) is 2.49. The van der Waals surface area contributed by atoms with Crippen molar-refractivity contribution < 1.29 is 0 Å². The van der Waals surface area contributed by atoms with Crippen molar-refractivity contribution in [3.05, 3.63) is 77.7 Å². The van der Waals surface area contributed by atoms with Crippen LogP contribution in [0.1, 0.15) is 22.9 Å². The van der Waals surface area contributed by atoms with Gasteiger partial charge in [0.25, 0.3) is 0 Å². The zero-order valence-corrected chi connectivity index (χ0v) is 10.8. The summed E-state index contributed by atoms with van der Waals surface area (Å²) < 4.78 is 0. The number of nitrogens with one attached hydrogen (secondary N) is 1. The van der Waals surface area contributed by atoms with E-state index in [9.17, 15) is 0 Å². The second-order valence-corrected chi connectivity index (χ2v) is 4.85. The molecule has 0 fully saturated rings. The van der Waals surface area contributed by atoms with Gasteiger partial charge in [0.2, 0.25) is 0 Å². The van der Waals surface area contributed by atoms with E-state index in [4.69, 9.17) is 4.98 Å². The Labute approximate surface area is 117 Å². The lowest BCUT2D eigenvalue weighted by atomic mass is 9.96. The molecular weight excluding hydrogens is 246 g/mol. The predicted molar refractivity (Wildman–Crippen MR) is 80.0 cm³/mol. The zero-order valence-electron chi connectivity index (χ0n) is 10.8. The van der Waals surface area contributed by atoms with Crippen LogP contribution in [0.2, 0.25) is 0 Å². The number of hydrogen-bond acceptors (Lipinski definition) is 3. The normalized spacial score (nSPS) is 16.7. The van der Waals surface area contributed by atoms with Crippen molar-refractivity contribution in [3.8, 4) is 0 Å². The van der Waals surface area contributed by atoms with Gasteiger partial charge in [0.1, 0.15) is 0 Å². The standard InChI is InChI=1S/C17H13N3/c1-2-6-13-12(5-1)9-10-18-17(13)16-11-19-14-7-3-4-8-15(14)20-16/h1-11,17-18H. The summed E-state index contributed by atoms with van der Waals surface area (Å²) >= 11 is 0. The van der Waals surface area contributed by atoms with E-state index in [1.807, 2.05) is 36.7 Å². The minimum absolute atomic E-state index is 0.0632. The molecule has 0 radical (unpaired) electrons. The third-order valence-electron chi connectivity index (χ3n) is 3.60. The molecular formula is C17H13N3. The summed E-state index contributed by atoms with van der Waals surface area (Å²) in [5, 5.41) is 3.37. The molecule has 2 aromatic carbocycles. The predicted octanol–water partition coefficient (Wildman–Crippen LogP) is 3.29. The molecule has 2 heterocycles. The Morgan fingerprint density at radius 1 is 0.900 bits per heavy atom. The lowest BCUT2D eigenvalue weighted by molar-refractivity contribution is 0.697. The molecule has 96 valence electrons. The minimum atomic E-state index is 0.0632. The SMILES string of the molecule is C1=Cc2ccccc2C(c2cnc3ccccc3n2)N1. The maximum absolute atomic E-state index is 4.74. The molecule has 0 bridgehead atoms. The molecule has 0 amide bonds. The second kappa shape index (κ2) is 4.46. The van der Waals surface area contributed by atoms with Crippen molar-refractivity contribution in [1.29, 1.82) is 0 Å². The Balaban J connectivity index is 1.85. The van der Waals surface area contributed by atoms with Crippen LogP contribution in [0, 0.1) is 0 Å². The Hall–Kier alpha value is -2.68. The number of hydrogen-bond donors (Lipinski definition) is 1. The van der Waals surface area contributed by atoms with Gasteiger partial charge < -0.3 is 5.32 Å². The molecule has 4 rings (SSSR count). The van der Waals surface area contributed by atoms with Crippen LogP contribution in [0.3, 0.4) is 0 Å². The molecule has 20 heavy (non-hydrogen) atoms. The van der Waals surface area contributed by atoms with Crippen molar-refractivity contribution in [2.75, 3.05) is 0 Å². The first-order valence-corrected chi connectivity index (χ1v) is 6.65. The van der Waals surface area contributed by atoms with E-state index < -0.39 is 0 Å². The first-order chi connectivity index (χ1) is 9.92. The van der Waals surface area contributed by atoms with Gasteiger partial charge in [0.05, 0.1) is 29.0 Å². The number of nitrogens with zero attached hydrogens (tertiary/aromatic N) is 2. The molecule has 1 aliphatic rings. The highest BCUT2D eigenvalue weighted by Gasteiger charge is 2.19. The third-order valence-corrected chi connectivity index (χ3v) is 3.60. The fourth-order valence-corrected chi connectivity index (χ4v) is 2.60. The molecule has 1 unspecified atom stereocenters. The van der Waals surface area contributed by atoms with Gasteiger partial charge in [-0.2, -0.15) is 0 Å². The van der Waals surface area contributed by atoms with Crippen LogP contribution in [0.4, 0.5) is 0 Å². The minimum Gasteiger partial charge on any atom is -0.379 e. The molecule has 1 aliphatic heterocycles. The summed E-state index contributed by atoms with van der Waals surface area (Å²) in [6, 6.07) is 16.4. The number of rotatable bonds is 1. The molecule has 3 aromatic rings. The molecule has 0 saturated heterocycles. The van der Waals surface area contributed by atoms with Gasteiger partial charge in [-0.25, -0.2) is 4.98 Å². The van der Waals surface area contributed by atoms with Gasteiger partial charge in [-0.1, -0.05) is 36.4 Å². The van der Waals surface area contributed by atoms with Gasteiger partial charge in [-0.05, 0) is 35.5 Å². The first kappa shape index (κ1) is 11.2. The monoisotopic (exact) mass is 259 g/mol. The second-order valence-electron chi connectivity index (χ2n) is 4.85. The van der Waals surface area contributed by atoms with E-state index in [1.54, 1.807) is 0 Å². The Morgan fingerprint density at radius 3 is 2.65 bits per heavy atom. The van der Waals surface area contributed by atoms with E-state index in [1.165, 1.54) is 11.1 Å². The molecule has 3 nitrogen and oxygen atoms in total. The first-order valence-electron chi connectivity index (χ1n) is 6.65. The van der Waals surface area contributed by atoms with Crippen molar-refractivity contribution in [2.24, 2.45) is 0 Å². The molecule has 0 spiro atoms. The quantitative estimate of drug-likeness (QED) is 0.728. The molecule has 0 saturated carbocycles. The Morgan fingerprint density at radius 2 is 1.70 bits per heavy atom. The molecule has 3 heteroatoms. The highest BCUT2D eigenvalue weighted by molar-refractivity contribution is 5.74. The smallest absolute Gasteiger partial charge is 0.0957 e. The molecule has 0 aliphatic carbocycles. The van der Waals surface area contributed by atoms with E-state index in [-0.39, 0.29) is 6.04 Å². The lowest BCUT2D eigenvalue weighted by Crippen LogP contribution is -2.21. The number of benzene rings is 2. The molecule has 1 N–H and O–H groups in total. The van der Waals surface area contributed by atoms with E-state index >= 15 is 0 Å². The summed E-state index contributed by atoms with van der Waals surface area (Å²) in [5.74, 6) is 0. The largest absolute Gasteiger partial charge is 0.379 e. The van der Waals surface area contributed by atoms with Crippen molar-refractivity contribution in [2.45, 2.75) is 6.04 Å². The average Bonchev–Trinajstić information content (AvgIpc) is 2.54. The van der Waals surface area contributed by atoms with E-state index in [2.05, 4.69) is 40.6 Å². The van der Waals surface area contributed by atoms with Gasteiger partial charge in [-0.3, -0.25) is 4.98 Å².